The third-order valence-electron chi connectivity index (χ3n) is 3.91. The molecule has 2 rings (SSSR count). The molecule has 1 aromatic heterocycles. The first-order valence-electron chi connectivity index (χ1n) is 8.39. The van der Waals surface area contributed by atoms with E-state index in [4.69, 9.17) is 0 Å². The predicted octanol–water partition coefficient (Wildman–Crippen LogP) is 0.0863. The topological polar surface area (TPSA) is 130 Å². The highest BCUT2D eigenvalue weighted by molar-refractivity contribution is 5.83. The van der Waals surface area contributed by atoms with Crippen LogP contribution in [0.2, 0.25) is 0 Å². The molecule has 0 radical (unpaired) electrons. The number of hydrogen-bond donors (Lipinski definition) is 2. The van der Waals surface area contributed by atoms with E-state index in [1.165, 1.54) is 13.8 Å². The van der Waals surface area contributed by atoms with Gasteiger partial charge in [-0.2, -0.15) is 4.80 Å². The van der Waals surface area contributed by atoms with Gasteiger partial charge in [-0.1, -0.05) is 29.8 Å². The minimum atomic E-state index is -1.14. The highest BCUT2D eigenvalue weighted by Gasteiger charge is 2.26. The summed E-state index contributed by atoms with van der Waals surface area (Å²) in [7, 11) is 0. The van der Waals surface area contributed by atoms with E-state index in [9.17, 15) is 19.5 Å². The molecule has 0 saturated carbocycles. The predicted molar refractivity (Wildman–Crippen MR) is 95.5 cm³/mol. The molecule has 1 unspecified atom stereocenters. The first-order chi connectivity index (χ1) is 12.8. The summed E-state index contributed by atoms with van der Waals surface area (Å²) < 4.78 is 0. The Balaban J connectivity index is 2.08. The van der Waals surface area contributed by atoms with Crippen LogP contribution in [-0.2, 0) is 20.9 Å². The Morgan fingerprint density at radius 3 is 2.52 bits per heavy atom. The van der Waals surface area contributed by atoms with Crippen molar-refractivity contribution < 1.29 is 19.5 Å². The summed E-state index contributed by atoms with van der Waals surface area (Å²) in [5.74, 6) is -1.51. The number of rotatable bonds is 8. The molecular formula is C17H22N6O4. The highest BCUT2D eigenvalue weighted by Crippen LogP contribution is 2.14. The smallest absolute Gasteiger partial charge is 0.326 e. The monoisotopic (exact) mass is 374 g/mol. The normalized spacial score (nSPS) is 11.7. The number of carboxylic acids is 1. The lowest BCUT2D eigenvalue weighted by atomic mass is 10.1. The highest BCUT2D eigenvalue weighted by atomic mass is 16.4. The maximum Gasteiger partial charge on any atom is 0.326 e. The largest absolute Gasteiger partial charge is 0.480 e. The summed E-state index contributed by atoms with van der Waals surface area (Å²) in [5.41, 5.74) is 1.86. The van der Waals surface area contributed by atoms with Gasteiger partial charge in [-0.25, -0.2) is 4.79 Å². The van der Waals surface area contributed by atoms with E-state index in [2.05, 4.69) is 20.7 Å². The van der Waals surface area contributed by atoms with Crippen LogP contribution in [0.4, 0.5) is 0 Å². The van der Waals surface area contributed by atoms with Crippen LogP contribution >= 0.6 is 0 Å². The number of hydrogen-bond acceptors (Lipinski definition) is 6. The van der Waals surface area contributed by atoms with Crippen LogP contribution < -0.4 is 5.32 Å². The lowest BCUT2D eigenvalue weighted by Gasteiger charge is -2.26. The lowest BCUT2D eigenvalue weighted by Crippen LogP contribution is -2.48. The Morgan fingerprint density at radius 2 is 1.93 bits per heavy atom. The molecule has 1 heterocycles. The van der Waals surface area contributed by atoms with E-state index >= 15 is 0 Å². The van der Waals surface area contributed by atoms with Gasteiger partial charge in [-0.05, 0) is 19.1 Å². The standard InChI is InChI=1S/C17H22N6O4/c1-11-4-6-14(7-5-11)16-19-21-23(20-16)10-15(25)22(12(2)17(26)27)9-8-18-13(3)24/h4-7,12H,8-10H2,1-3H3,(H,18,24)(H,26,27). The summed E-state index contributed by atoms with van der Waals surface area (Å²) in [6.07, 6.45) is 0. The number of amides is 2. The van der Waals surface area contributed by atoms with Gasteiger partial charge in [-0.3, -0.25) is 9.59 Å². The van der Waals surface area contributed by atoms with Crippen molar-refractivity contribution in [1.29, 1.82) is 0 Å². The fourth-order valence-corrected chi connectivity index (χ4v) is 2.36. The van der Waals surface area contributed by atoms with Gasteiger partial charge in [0.05, 0.1) is 0 Å². The molecule has 0 fully saturated rings. The lowest BCUT2D eigenvalue weighted by molar-refractivity contribution is -0.149. The maximum absolute atomic E-state index is 12.5. The molecule has 1 aromatic carbocycles. The molecule has 2 amide bonds. The Kier molecular flexibility index (Phi) is 6.58. The average Bonchev–Trinajstić information content (AvgIpc) is 3.06. The van der Waals surface area contributed by atoms with Crippen LogP contribution in [0, 0.1) is 6.92 Å². The Labute approximate surface area is 156 Å². The van der Waals surface area contributed by atoms with Gasteiger partial charge in [0.25, 0.3) is 0 Å². The summed E-state index contributed by atoms with van der Waals surface area (Å²) in [6.45, 7) is 4.67. The van der Waals surface area contributed by atoms with E-state index < -0.39 is 17.9 Å². The number of nitrogens with zero attached hydrogens (tertiary/aromatic N) is 5. The molecule has 0 saturated heterocycles. The first-order valence-corrected chi connectivity index (χ1v) is 8.39. The second-order valence-electron chi connectivity index (χ2n) is 6.09. The van der Waals surface area contributed by atoms with Crippen molar-refractivity contribution in [2.75, 3.05) is 13.1 Å². The Hall–Kier alpha value is -3.30. The van der Waals surface area contributed by atoms with Crippen LogP contribution in [0.25, 0.3) is 11.4 Å². The number of nitrogens with one attached hydrogen (secondary N) is 1. The van der Waals surface area contributed by atoms with E-state index in [-0.39, 0.29) is 25.5 Å². The Morgan fingerprint density at radius 1 is 1.26 bits per heavy atom. The van der Waals surface area contributed by atoms with Gasteiger partial charge in [-0.15, -0.1) is 10.2 Å². The fraction of sp³-hybridized carbons (Fsp3) is 0.412. The van der Waals surface area contributed by atoms with Crippen molar-refractivity contribution in [3.8, 4) is 11.4 Å². The second kappa shape index (κ2) is 8.88. The van der Waals surface area contributed by atoms with Gasteiger partial charge in [0.2, 0.25) is 17.6 Å². The molecule has 10 heteroatoms. The number of carbonyl (C=O) groups excluding carboxylic acids is 2. The SMILES string of the molecule is CC(=O)NCCN(C(=O)Cn1nnc(-c2ccc(C)cc2)n1)C(C)C(=O)O. The van der Waals surface area contributed by atoms with Crippen LogP contribution in [0.3, 0.4) is 0 Å². The van der Waals surface area contributed by atoms with E-state index in [1.54, 1.807) is 0 Å². The van der Waals surface area contributed by atoms with Gasteiger partial charge < -0.3 is 15.3 Å². The zero-order chi connectivity index (χ0) is 20.0. The summed E-state index contributed by atoms with van der Waals surface area (Å²) in [6, 6.07) is 6.49. The van der Waals surface area contributed by atoms with Crippen molar-refractivity contribution in [1.82, 2.24) is 30.4 Å². The average molecular weight is 374 g/mol. The molecule has 0 aliphatic heterocycles. The number of benzene rings is 1. The number of aromatic nitrogens is 4. The minimum absolute atomic E-state index is 0.0609. The number of tetrazole rings is 1. The van der Waals surface area contributed by atoms with Crippen molar-refractivity contribution >= 4 is 17.8 Å². The maximum atomic E-state index is 12.5. The molecule has 0 aliphatic carbocycles. The van der Waals surface area contributed by atoms with Crippen LogP contribution in [0.15, 0.2) is 24.3 Å². The van der Waals surface area contributed by atoms with Crippen molar-refractivity contribution in [3.63, 3.8) is 0 Å². The van der Waals surface area contributed by atoms with E-state index in [0.29, 0.717) is 5.82 Å². The third-order valence-corrected chi connectivity index (χ3v) is 3.91. The van der Waals surface area contributed by atoms with Gasteiger partial charge in [0.15, 0.2) is 0 Å². The fourth-order valence-electron chi connectivity index (χ4n) is 2.36. The van der Waals surface area contributed by atoms with Crippen molar-refractivity contribution in [2.45, 2.75) is 33.4 Å². The Bertz CT molecular complexity index is 817. The molecule has 0 spiro atoms. The molecule has 2 aromatic rings. The van der Waals surface area contributed by atoms with Gasteiger partial charge >= 0.3 is 5.97 Å². The van der Waals surface area contributed by atoms with E-state index in [1.807, 2.05) is 31.2 Å². The van der Waals surface area contributed by atoms with Gasteiger partial charge in [0.1, 0.15) is 12.6 Å². The molecule has 27 heavy (non-hydrogen) atoms. The van der Waals surface area contributed by atoms with Crippen LogP contribution in [0.5, 0.6) is 0 Å². The quantitative estimate of drug-likeness (QED) is 0.669. The summed E-state index contributed by atoms with van der Waals surface area (Å²) in [4.78, 5) is 37.1. The number of carbonyl (C=O) groups is 3. The molecular weight excluding hydrogens is 352 g/mol. The van der Waals surface area contributed by atoms with E-state index in [0.717, 1.165) is 20.8 Å². The summed E-state index contributed by atoms with van der Waals surface area (Å²) >= 11 is 0. The molecule has 2 N–H and O–H groups in total. The summed E-state index contributed by atoms with van der Waals surface area (Å²) in [5, 5.41) is 23.7. The number of aryl methyl sites for hydroxylation is 1. The number of aliphatic carboxylic acids is 1. The van der Waals surface area contributed by atoms with Gasteiger partial charge in [0, 0.05) is 25.6 Å². The van der Waals surface area contributed by atoms with Crippen LogP contribution in [0.1, 0.15) is 19.4 Å². The van der Waals surface area contributed by atoms with Crippen molar-refractivity contribution in [3.05, 3.63) is 29.8 Å². The molecule has 1 atom stereocenters. The third kappa shape index (κ3) is 5.59. The first kappa shape index (κ1) is 20.0. The molecule has 144 valence electrons. The number of carboxylic acid groups (broad SMARTS) is 1. The van der Waals surface area contributed by atoms with Crippen LogP contribution in [-0.4, -0.2) is 67.1 Å². The van der Waals surface area contributed by atoms with Crippen molar-refractivity contribution in [2.24, 2.45) is 0 Å². The second-order valence-corrected chi connectivity index (χ2v) is 6.09. The zero-order valence-electron chi connectivity index (χ0n) is 15.4. The molecule has 0 aliphatic rings. The minimum Gasteiger partial charge on any atom is -0.480 e. The zero-order valence-corrected chi connectivity index (χ0v) is 15.4. The molecule has 10 nitrogen and oxygen atoms in total. The molecule has 0 bridgehead atoms.